The summed E-state index contributed by atoms with van der Waals surface area (Å²) in [7, 11) is -3.89. The van der Waals surface area contributed by atoms with Gasteiger partial charge in [-0.25, -0.2) is 12.8 Å². The summed E-state index contributed by atoms with van der Waals surface area (Å²) in [5.41, 5.74) is 0.411. The van der Waals surface area contributed by atoms with Crippen molar-refractivity contribution in [2.24, 2.45) is 0 Å². The predicted molar refractivity (Wildman–Crippen MR) is 125 cm³/mol. The molecular formula is C23H30FN3O5S. The van der Waals surface area contributed by atoms with E-state index in [4.69, 9.17) is 4.74 Å². The predicted octanol–water partition coefficient (Wildman–Crippen LogP) is 2.54. The van der Waals surface area contributed by atoms with Crippen molar-refractivity contribution < 1.29 is 27.1 Å². The molecule has 2 amide bonds. The van der Waals surface area contributed by atoms with Crippen LogP contribution in [0.5, 0.6) is 5.75 Å². The van der Waals surface area contributed by atoms with Crippen LogP contribution in [0.2, 0.25) is 0 Å². The summed E-state index contributed by atoms with van der Waals surface area (Å²) in [4.78, 5) is 27.1. The lowest BCUT2D eigenvalue weighted by molar-refractivity contribution is -0.139. The van der Waals surface area contributed by atoms with Crippen LogP contribution in [0.4, 0.5) is 10.1 Å². The van der Waals surface area contributed by atoms with E-state index in [0.717, 1.165) is 10.6 Å². The molecule has 1 atom stereocenters. The van der Waals surface area contributed by atoms with Crippen LogP contribution >= 0.6 is 0 Å². The van der Waals surface area contributed by atoms with Gasteiger partial charge in [-0.3, -0.25) is 13.9 Å². The van der Waals surface area contributed by atoms with Crippen molar-refractivity contribution in [1.29, 1.82) is 0 Å². The van der Waals surface area contributed by atoms with Gasteiger partial charge in [-0.2, -0.15) is 0 Å². The fraction of sp³-hybridized carbons (Fsp3) is 0.391. The van der Waals surface area contributed by atoms with Crippen LogP contribution in [-0.2, 0) is 26.2 Å². The number of anilines is 1. The Hall–Kier alpha value is -3.14. The van der Waals surface area contributed by atoms with Crippen LogP contribution in [0.1, 0.15) is 26.3 Å². The Morgan fingerprint density at radius 1 is 1.09 bits per heavy atom. The molecule has 0 aliphatic rings. The highest BCUT2D eigenvalue weighted by molar-refractivity contribution is 7.92. The van der Waals surface area contributed by atoms with Crippen LogP contribution in [0.3, 0.4) is 0 Å². The molecule has 8 nitrogen and oxygen atoms in total. The van der Waals surface area contributed by atoms with Crippen molar-refractivity contribution in [2.45, 2.75) is 33.4 Å². The molecule has 0 fully saturated rings. The summed E-state index contributed by atoms with van der Waals surface area (Å²) in [5, 5.41) is 2.64. The quantitative estimate of drug-likeness (QED) is 0.534. The number of carbonyl (C=O) groups excluding carboxylic acids is 2. The number of nitrogens with one attached hydrogen (secondary N) is 1. The van der Waals surface area contributed by atoms with Crippen LogP contribution in [0.25, 0.3) is 0 Å². The summed E-state index contributed by atoms with van der Waals surface area (Å²) < 4.78 is 46.0. The number of likely N-dealkylation sites (N-methyl/N-ethyl adjacent to an activating group) is 1. The molecule has 0 radical (unpaired) electrons. The number of hydrogen-bond acceptors (Lipinski definition) is 5. The topological polar surface area (TPSA) is 96.0 Å². The number of para-hydroxylation sites is 2. The first-order valence-corrected chi connectivity index (χ1v) is 12.4. The molecule has 0 aliphatic heterocycles. The number of carbonyl (C=O) groups is 2. The lowest BCUT2D eigenvalue weighted by Crippen LogP contribution is -2.51. The summed E-state index contributed by atoms with van der Waals surface area (Å²) in [6.45, 7) is 4.89. The molecule has 0 saturated heterocycles. The van der Waals surface area contributed by atoms with Crippen LogP contribution < -0.4 is 14.4 Å². The number of nitrogens with zero attached hydrogens (tertiary/aromatic N) is 2. The second-order valence-corrected chi connectivity index (χ2v) is 9.26. The average Bonchev–Trinajstić information content (AvgIpc) is 2.76. The van der Waals surface area contributed by atoms with E-state index in [1.54, 1.807) is 38.1 Å². The number of amides is 2. The zero-order valence-electron chi connectivity index (χ0n) is 19.2. The highest BCUT2D eigenvalue weighted by Gasteiger charge is 2.31. The Bertz CT molecular complexity index is 1080. The fourth-order valence-corrected chi connectivity index (χ4v) is 4.10. The Balaban J connectivity index is 2.44. The van der Waals surface area contributed by atoms with E-state index >= 15 is 0 Å². The molecular weight excluding hydrogens is 449 g/mol. The standard InChI is InChI=1S/C23H30FN3O5S/c1-5-25-23(29)17(3)26(15-18-11-7-8-12-19(18)24)22(28)16-27(33(4,30)31)20-13-9-10-14-21(20)32-6-2/h7-14,17H,5-6,15-16H2,1-4H3,(H,25,29)/t17-/m1/s1. The summed E-state index contributed by atoms with van der Waals surface area (Å²) >= 11 is 0. The maximum absolute atomic E-state index is 14.3. The van der Waals surface area contributed by atoms with E-state index in [-0.39, 0.29) is 17.8 Å². The lowest BCUT2D eigenvalue weighted by Gasteiger charge is -2.31. The third-order valence-electron chi connectivity index (χ3n) is 4.93. The van der Waals surface area contributed by atoms with Gasteiger partial charge in [-0.05, 0) is 39.0 Å². The van der Waals surface area contributed by atoms with Gasteiger partial charge in [-0.1, -0.05) is 30.3 Å². The molecule has 0 aliphatic carbocycles. The number of sulfonamides is 1. The van der Waals surface area contributed by atoms with Crippen LogP contribution in [-0.4, -0.2) is 57.1 Å². The minimum atomic E-state index is -3.89. The summed E-state index contributed by atoms with van der Waals surface area (Å²) in [5.74, 6) is -1.31. The molecule has 2 aromatic rings. The van der Waals surface area contributed by atoms with E-state index < -0.39 is 40.2 Å². The van der Waals surface area contributed by atoms with Gasteiger partial charge in [-0.15, -0.1) is 0 Å². The third kappa shape index (κ3) is 6.92. The molecule has 33 heavy (non-hydrogen) atoms. The molecule has 0 bridgehead atoms. The van der Waals surface area contributed by atoms with Gasteiger partial charge in [0, 0.05) is 18.7 Å². The van der Waals surface area contributed by atoms with E-state index in [0.29, 0.717) is 18.9 Å². The van der Waals surface area contributed by atoms with Gasteiger partial charge in [0.25, 0.3) is 0 Å². The molecule has 180 valence electrons. The van der Waals surface area contributed by atoms with Gasteiger partial charge in [0.15, 0.2) is 0 Å². The third-order valence-corrected chi connectivity index (χ3v) is 6.06. The van der Waals surface area contributed by atoms with E-state index in [1.165, 1.54) is 36.1 Å². The molecule has 2 aromatic carbocycles. The number of halogens is 1. The van der Waals surface area contributed by atoms with E-state index in [2.05, 4.69) is 5.32 Å². The molecule has 0 unspecified atom stereocenters. The SMILES string of the molecule is CCNC(=O)[C@@H](C)N(Cc1ccccc1F)C(=O)CN(c1ccccc1OCC)S(C)(=O)=O. The first kappa shape index (κ1) is 26.1. The fourth-order valence-electron chi connectivity index (χ4n) is 3.25. The maximum atomic E-state index is 14.3. The number of hydrogen-bond donors (Lipinski definition) is 1. The zero-order valence-corrected chi connectivity index (χ0v) is 20.1. The number of benzene rings is 2. The van der Waals surface area contributed by atoms with Crippen molar-refractivity contribution in [1.82, 2.24) is 10.2 Å². The summed E-state index contributed by atoms with van der Waals surface area (Å²) in [6, 6.07) is 11.4. The van der Waals surface area contributed by atoms with Crippen molar-refractivity contribution in [3.8, 4) is 5.75 Å². The number of rotatable bonds is 11. The maximum Gasteiger partial charge on any atom is 0.244 e. The van der Waals surface area contributed by atoms with Gasteiger partial charge in [0.2, 0.25) is 21.8 Å². The molecule has 10 heteroatoms. The molecule has 2 rings (SSSR count). The average molecular weight is 480 g/mol. The Morgan fingerprint density at radius 2 is 1.73 bits per heavy atom. The van der Waals surface area contributed by atoms with Crippen molar-refractivity contribution >= 4 is 27.5 Å². The lowest BCUT2D eigenvalue weighted by atomic mass is 10.1. The highest BCUT2D eigenvalue weighted by atomic mass is 32.2. The van der Waals surface area contributed by atoms with Gasteiger partial charge >= 0.3 is 0 Å². The highest BCUT2D eigenvalue weighted by Crippen LogP contribution is 2.30. The monoisotopic (exact) mass is 479 g/mol. The minimum absolute atomic E-state index is 0.200. The Labute approximate surface area is 194 Å². The van der Waals surface area contributed by atoms with Gasteiger partial charge in [0.05, 0.1) is 18.6 Å². The Kier molecular flexibility index (Phi) is 9.22. The first-order valence-electron chi connectivity index (χ1n) is 10.6. The molecule has 0 saturated carbocycles. The smallest absolute Gasteiger partial charge is 0.244 e. The molecule has 0 spiro atoms. The van der Waals surface area contributed by atoms with E-state index in [1.807, 2.05) is 0 Å². The van der Waals surface area contributed by atoms with Crippen molar-refractivity contribution in [3.05, 3.63) is 59.9 Å². The van der Waals surface area contributed by atoms with Crippen LogP contribution in [0, 0.1) is 5.82 Å². The van der Waals surface area contributed by atoms with Crippen LogP contribution in [0.15, 0.2) is 48.5 Å². The molecule has 0 aromatic heterocycles. The minimum Gasteiger partial charge on any atom is -0.492 e. The zero-order chi connectivity index (χ0) is 24.6. The molecule has 0 heterocycles. The largest absolute Gasteiger partial charge is 0.492 e. The molecule has 1 N–H and O–H groups in total. The van der Waals surface area contributed by atoms with Gasteiger partial charge < -0.3 is 15.0 Å². The normalized spacial score (nSPS) is 12.0. The Morgan fingerprint density at radius 3 is 2.33 bits per heavy atom. The summed E-state index contributed by atoms with van der Waals surface area (Å²) in [6.07, 6.45) is 0.984. The first-order chi connectivity index (χ1) is 15.6. The van der Waals surface area contributed by atoms with Crippen molar-refractivity contribution in [2.75, 3.05) is 30.3 Å². The van der Waals surface area contributed by atoms with Crippen molar-refractivity contribution in [3.63, 3.8) is 0 Å². The van der Waals surface area contributed by atoms with Gasteiger partial charge in [0.1, 0.15) is 24.2 Å². The second kappa shape index (κ2) is 11.6. The van der Waals surface area contributed by atoms with E-state index in [9.17, 15) is 22.4 Å². The second-order valence-electron chi connectivity index (χ2n) is 7.35. The number of ether oxygens (including phenoxy) is 1.